The lowest BCUT2D eigenvalue weighted by Gasteiger charge is -2.14. The Labute approximate surface area is 100 Å². The van der Waals surface area contributed by atoms with Crippen molar-refractivity contribution in [3.05, 3.63) is 22.4 Å². The Morgan fingerprint density at radius 1 is 1.44 bits per heavy atom. The fraction of sp³-hybridized carbons (Fsp3) is 0.583. The summed E-state index contributed by atoms with van der Waals surface area (Å²) in [6, 6.07) is 4.16. The van der Waals surface area contributed by atoms with Crippen LogP contribution in [0.4, 0.5) is 0 Å². The number of carbonyl (C=O) groups is 1. The average molecular weight is 238 g/mol. The lowest BCUT2D eigenvalue weighted by molar-refractivity contribution is -0.130. The number of amides is 1. The van der Waals surface area contributed by atoms with Crippen LogP contribution in [-0.2, 0) is 11.3 Å². The van der Waals surface area contributed by atoms with Crippen molar-refractivity contribution in [1.82, 2.24) is 10.2 Å². The van der Waals surface area contributed by atoms with Crippen LogP contribution in [0.3, 0.4) is 0 Å². The van der Waals surface area contributed by atoms with Gasteiger partial charge in [0.25, 0.3) is 0 Å². The molecule has 1 aliphatic rings. The molecule has 1 aromatic rings. The fourth-order valence-electron chi connectivity index (χ4n) is 1.94. The summed E-state index contributed by atoms with van der Waals surface area (Å²) in [6.45, 7) is 3.59. The molecule has 16 heavy (non-hydrogen) atoms. The molecule has 0 unspecified atom stereocenters. The number of nitrogens with one attached hydrogen (secondary N) is 1. The molecule has 3 nitrogen and oxygen atoms in total. The predicted octanol–water partition coefficient (Wildman–Crippen LogP) is 1.85. The quantitative estimate of drug-likeness (QED) is 0.794. The summed E-state index contributed by atoms with van der Waals surface area (Å²) < 4.78 is 0. The van der Waals surface area contributed by atoms with E-state index in [1.807, 2.05) is 4.90 Å². The van der Waals surface area contributed by atoms with Crippen LogP contribution in [0.25, 0.3) is 0 Å². The van der Waals surface area contributed by atoms with E-state index < -0.39 is 0 Å². The molecule has 2 rings (SSSR count). The van der Waals surface area contributed by atoms with Crippen molar-refractivity contribution in [3.63, 3.8) is 0 Å². The van der Waals surface area contributed by atoms with Gasteiger partial charge in [0.05, 0.1) is 0 Å². The first-order valence-corrected chi connectivity index (χ1v) is 6.75. The van der Waals surface area contributed by atoms with E-state index in [2.05, 4.69) is 22.8 Å². The van der Waals surface area contributed by atoms with Gasteiger partial charge in [-0.25, -0.2) is 0 Å². The zero-order valence-corrected chi connectivity index (χ0v) is 10.3. The van der Waals surface area contributed by atoms with Gasteiger partial charge in [-0.15, -0.1) is 11.3 Å². The van der Waals surface area contributed by atoms with E-state index in [4.69, 9.17) is 0 Å². The highest BCUT2D eigenvalue weighted by molar-refractivity contribution is 7.09. The number of thiophene rings is 1. The van der Waals surface area contributed by atoms with Crippen LogP contribution in [0.2, 0.25) is 0 Å². The number of nitrogens with zero attached hydrogens (tertiary/aromatic N) is 1. The minimum Gasteiger partial charge on any atom is -0.343 e. The molecule has 1 fully saturated rings. The van der Waals surface area contributed by atoms with Gasteiger partial charge < -0.3 is 10.2 Å². The minimum absolute atomic E-state index is 0.302. The molecule has 1 amide bonds. The van der Waals surface area contributed by atoms with Gasteiger partial charge in [-0.05, 0) is 24.3 Å². The third kappa shape index (κ3) is 3.32. The molecule has 0 saturated carbocycles. The molecule has 88 valence electrons. The Hall–Kier alpha value is -0.870. The Kier molecular flexibility index (Phi) is 4.36. The van der Waals surface area contributed by atoms with Crippen LogP contribution in [0, 0.1) is 0 Å². The SMILES string of the molecule is O=C(CCNCc1cccs1)N1CCCC1. The Bertz CT molecular complexity index is 318. The van der Waals surface area contributed by atoms with E-state index in [1.54, 1.807) is 11.3 Å². The second kappa shape index (κ2) is 6.01. The summed E-state index contributed by atoms with van der Waals surface area (Å²) in [5.41, 5.74) is 0. The van der Waals surface area contributed by atoms with Crippen molar-refractivity contribution in [1.29, 1.82) is 0 Å². The lowest BCUT2D eigenvalue weighted by atomic mass is 10.3. The van der Waals surface area contributed by atoms with Crippen LogP contribution in [0.1, 0.15) is 24.1 Å². The minimum atomic E-state index is 0.302. The first-order valence-electron chi connectivity index (χ1n) is 5.87. The van der Waals surface area contributed by atoms with E-state index in [1.165, 1.54) is 17.7 Å². The molecule has 1 saturated heterocycles. The smallest absolute Gasteiger partial charge is 0.223 e. The number of rotatable bonds is 5. The molecule has 0 spiro atoms. The van der Waals surface area contributed by atoms with Gasteiger partial charge >= 0.3 is 0 Å². The molecule has 0 bridgehead atoms. The molecule has 0 radical (unpaired) electrons. The van der Waals surface area contributed by atoms with Gasteiger partial charge in [-0.1, -0.05) is 6.07 Å². The number of likely N-dealkylation sites (tertiary alicyclic amines) is 1. The molecule has 1 aliphatic heterocycles. The highest BCUT2D eigenvalue weighted by Gasteiger charge is 2.16. The molecule has 0 aromatic carbocycles. The summed E-state index contributed by atoms with van der Waals surface area (Å²) in [5.74, 6) is 0.302. The van der Waals surface area contributed by atoms with E-state index >= 15 is 0 Å². The Balaban J connectivity index is 1.59. The molecule has 1 aromatic heterocycles. The van der Waals surface area contributed by atoms with E-state index in [0.29, 0.717) is 12.3 Å². The first-order chi connectivity index (χ1) is 7.86. The van der Waals surface area contributed by atoms with Crippen LogP contribution >= 0.6 is 11.3 Å². The van der Waals surface area contributed by atoms with Crippen LogP contribution in [0.15, 0.2) is 17.5 Å². The number of carbonyl (C=O) groups excluding carboxylic acids is 1. The van der Waals surface area contributed by atoms with E-state index in [-0.39, 0.29) is 0 Å². The molecular formula is C12H18N2OS. The van der Waals surface area contributed by atoms with Crippen LogP contribution in [0.5, 0.6) is 0 Å². The van der Waals surface area contributed by atoms with Gasteiger partial charge in [-0.3, -0.25) is 4.79 Å². The normalized spacial score (nSPS) is 15.6. The molecule has 2 heterocycles. The fourth-order valence-corrected chi connectivity index (χ4v) is 2.62. The molecule has 1 N–H and O–H groups in total. The van der Waals surface area contributed by atoms with Gasteiger partial charge in [0.2, 0.25) is 5.91 Å². The van der Waals surface area contributed by atoms with Crippen molar-refractivity contribution in [2.75, 3.05) is 19.6 Å². The van der Waals surface area contributed by atoms with E-state index in [9.17, 15) is 4.79 Å². The van der Waals surface area contributed by atoms with Crippen molar-refractivity contribution in [3.8, 4) is 0 Å². The zero-order chi connectivity index (χ0) is 11.2. The lowest BCUT2D eigenvalue weighted by Crippen LogP contribution is -2.30. The second-order valence-corrected chi connectivity index (χ2v) is 5.13. The standard InChI is InChI=1S/C12H18N2OS/c15-12(14-7-1-2-8-14)5-6-13-10-11-4-3-9-16-11/h3-4,9,13H,1-2,5-8,10H2. The molecular weight excluding hydrogens is 220 g/mol. The third-order valence-corrected chi connectivity index (χ3v) is 3.73. The first kappa shape index (κ1) is 11.6. The van der Waals surface area contributed by atoms with E-state index in [0.717, 1.165) is 26.2 Å². The summed E-state index contributed by atoms with van der Waals surface area (Å²) >= 11 is 1.75. The van der Waals surface area contributed by atoms with Crippen LogP contribution < -0.4 is 5.32 Å². The maximum absolute atomic E-state index is 11.7. The number of hydrogen-bond donors (Lipinski definition) is 1. The maximum atomic E-state index is 11.7. The summed E-state index contributed by atoms with van der Waals surface area (Å²) in [5, 5.41) is 5.38. The molecule has 0 atom stereocenters. The summed E-state index contributed by atoms with van der Waals surface area (Å²) in [4.78, 5) is 15.0. The van der Waals surface area contributed by atoms with Gasteiger partial charge in [0.1, 0.15) is 0 Å². The molecule has 0 aliphatic carbocycles. The monoisotopic (exact) mass is 238 g/mol. The largest absolute Gasteiger partial charge is 0.343 e. The van der Waals surface area contributed by atoms with Gasteiger partial charge in [0, 0.05) is 37.5 Å². The zero-order valence-electron chi connectivity index (χ0n) is 9.45. The van der Waals surface area contributed by atoms with Crippen molar-refractivity contribution >= 4 is 17.2 Å². The van der Waals surface area contributed by atoms with Crippen molar-refractivity contribution < 1.29 is 4.79 Å². The topological polar surface area (TPSA) is 32.3 Å². The Morgan fingerprint density at radius 2 is 2.25 bits per heavy atom. The third-order valence-electron chi connectivity index (χ3n) is 2.85. The second-order valence-electron chi connectivity index (χ2n) is 4.09. The van der Waals surface area contributed by atoms with Gasteiger partial charge in [0.15, 0.2) is 0 Å². The van der Waals surface area contributed by atoms with Crippen molar-refractivity contribution in [2.24, 2.45) is 0 Å². The highest BCUT2D eigenvalue weighted by atomic mass is 32.1. The van der Waals surface area contributed by atoms with Crippen LogP contribution in [-0.4, -0.2) is 30.4 Å². The highest BCUT2D eigenvalue weighted by Crippen LogP contribution is 2.09. The van der Waals surface area contributed by atoms with Crippen molar-refractivity contribution in [2.45, 2.75) is 25.8 Å². The predicted molar refractivity (Wildman–Crippen MR) is 66.5 cm³/mol. The Morgan fingerprint density at radius 3 is 2.94 bits per heavy atom. The summed E-state index contributed by atoms with van der Waals surface area (Å²) in [6.07, 6.45) is 2.98. The summed E-state index contributed by atoms with van der Waals surface area (Å²) in [7, 11) is 0. The van der Waals surface area contributed by atoms with Gasteiger partial charge in [-0.2, -0.15) is 0 Å². The maximum Gasteiger partial charge on any atom is 0.223 e. The molecule has 4 heteroatoms. The average Bonchev–Trinajstić information content (AvgIpc) is 2.96. The number of hydrogen-bond acceptors (Lipinski definition) is 3.